The molecule has 3 aliphatic heterocycles. The number of carbonyl (C=O) groups is 3. The molecule has 4 fully saturated rings. The minimum Gasteiger partial charge on any atom is -0.381 e. The number of nitrogens with one attached hydrogen (secondary N) is 5. The van der Waals surface area contributed by atoms with Crippen LogP contribution >= 0.6 is 0 Å². The number of hydrogen-bond donors (Lipinski definition) is 5. The van der Waals surface area contributed by atoms with Gasteiger partial charge >= 0.3 is 0 Å². The van der Waals surface area contributed by atoms with Gasteiger partial charge in [-0.15, -0.1) is 0 Å². The van der Waals surface area contributed by atoms with Crippen LogP contribution in [0.15, 0.2) is 66.7 Å². The third kappa shape index (κ3) is 8.00. The molecule has 4 aromatic rings. The van der Waals surface area contributed by atoms with Crippen LogP contribution in [-0.2, 0) is 35.6 Å². The predicted molar refractivity (Wildman–Crippen MR) is 231 cm³/mol. The Morgan fingerprint density at radius 2 is 1.68 bits per heavy atom. The summed E-state index contributed by atoms with van der Waals surface area (Å²) in [6, 6.07) is 20.3. The largest absolute Gasteiger partial charge is 0.381 e. The fourth-order valence-electron chi connectivity index (χ4n) is 9.81. The molecular formula is C47H55FN8O4. The van der Waals surface area contributed by atoms with Gasteiger partial charge in [0.1, 0.15) is 11.6 Å². The SMILES string of the molecule is CCNc1nc(CC)c(CNC(=O)c2cccc(C(=O)NCc3ccc(F)c(-c4cccc(CN5CC67CC[C@@H]6N(C(C)=O)C[C@@H]57)c4)c3)c2)c(NC2CCOCC2)c1C=N. The van der Waals surface area contributed by atoms with E-state index in [0.29, 0.717) is 66.3 Å². The van der Waals surface area contributed by atoms with Crippen molar-refractivity contribution in [2.24, 2.45) is 5.41 Å². The maximum Gasteiger partial charge on any atom is 0.251 e. The van der Waals surface area contributed by atoms with Crippen molar-refractivity contribution < 1.29 is 23.5 Å². The van der Waals surface area contributed by atoms with E-state index in [1.165, 1.54) is 18.7 Å². The molecule has 1 saturated carbocycles. The zero-order chi connectivity index (χ0) is 42.0. The van der Waals surface area contributed by atoms with E-state index in [-0.39, 0.29) is 48.1 Å². The van der Waals surface area contributed by atoms with E-state index >= 15 is 4.39 Å². The van der Waals surface area contributed by atoms with Gasteiger partial charge in [0.2, 0.25) is 5.91 Å². The van der Waals surface area contributed by atoms with Crippen LogP contribution in [0.3, 0.4) is 0 Å². The van der Waals surface area contributed by atoms with Crippen LogP contribution in [0.25, 0.3) is 11.1 Å². The minimum atomic E-state index is -0.358. The van der Waals surface area contributed by atoms with E-state index in [1.54, 1.807) is 43.3 Å². The first-order chi connectivity index (χ1) is 29.1. The van der Waals surface area contributed by atoms with E-state index in [4.69, 9.17) is 15.1 Å². The van der Waals surface area contributed by atoms with Gasteiger partial charge in [0, 0.05) is 117 Å². The molecule has 60 heavy (non-hydrogen) atoms. The highest BCUT2D eigenvalue weighted by Crippen LogP contribution is 2.60. The third-order valence-electron chi connectivity index (χ3n) is 13.0. The third-order valence-corrected chi connectivity index (χ3v) is 13.0. The monoisotopic (exact) mass is 814 g/mol. The normalized spacial score (nSPS) is 20.9. The highest BCUT2D eigenvalue weighted by molar-refractivity contribution is 6.00. The molecule has 1 aliphatic carbocycles. The summed E-state index contributed by atoms with van der Waals surface area (Å²) >= 11 is 0. The lowest BCUT2D eigenvalue weighted by molar-refractivity contribution is -0.140. The number of aromatic nitrogens is 1. The molecule has 13 heteroatoms. The van der Waals surface area contributed by atoms with E-state index in [2.05, 4.69) is 37.1 Å². The molecule has 3 saturated heterocycles. The van der Waals surface area contributed by atoms with Crippen LogP contribution < -0.4 is 21.3 Å². The number of ether oxygens (including phenoxy) is 1. The van der Waals surface area contributed by atoms with Crippen molar-refractivity contribution in [2.45, 2.75) is 90.6 Å². The topological polar surface area (TPSA) is 152 Å². The highest BCUT2D eigenvalue weighted by atomic mass is 19.1. The summed E-state index contributed by atoms with van der Waals surface area (Å²) in [6.45, 7) is 10.5. The van der Waals surface area contributed by atoms with Gasteiger partial charge in [0.15, 0.2) is 0 Å². The molecule has 0 bridgehead atoms. The molecule has 0 radical (unpaired) electrons. The Morgan fingerprint density at radius 1 is 0.933 bits per heavy atom. The molecule has 3 amide bonds. The summed E-state index contributed by atoms with van der Waals surface area (Å²) < 4.78 is 20.9. The number of rotatable bonds is 15. The predicted octanol–water partition coefficient (Wildman–Crippen LogP) is 6.53. The Bertz CT molecular complexity index is 2300. The number of hydrogen-bond acceptors (Lipinski definition) is 9. The number of benzene rings is 3. The number of pyridine rings is 1. The molecule has 1 spiro atoms. The van der Waals surface area contributed by atoms with Gasteiger partial charge in [-0.1, -0.05) is 37.3 Å². The summed E-state index contributed by atoms with van der Waals surface area (Å²) in [5.41, 5.74) is 7.03. The van der Waals surface area contributed by atoms with Gasteiger partial charge in [-0.2, -0.15) is 0 Å². The maximum absolute atomic E-state index is 15.3. The molecule has 4 aliphatic rings. The average molecular weight is 815 g/mol. The Hall–Kier alpha value is -5.66. The van der Waals surface area contributed by atoms with Crippen LogP contribution in [0.5, 0.6) is 0 Å². The van der Waals surface area contributed by atoms with Crippen molar-refractivity contribution in [3.05, 3.63) is 112 Å². The van der Waals surface area contributed by atoms with Crippen LogP contribution in [0.1, 0.15) is 95.1 Å². The molecule has 5 N–H and O–H groups in total. The Labute approximate surface area is 351 Å². The maximum atomic E-state index is 15.3. The van der Waals surface area contributed by atoms with E-state index in [0.717, 1.165) is 72.5 Å². The summed E-state index contributed by atoms with van der Waals surface area (Å²) in [5, 5.41) is 21.2. The lowest BCUT2D eigenvalue weighted by Gasteiger charge is -2.61. The second kappa shape index (κ2) is 17.5. The van der Waals surface area contributed by atoms with Gasteiger partial charge < -0.3 is 36.3 Å². The van der Waals surface area contributed by atoms with Gasteiger partial charge in [0.25, 0.3) is 11.8 Å². The molecule has 3 atom stereocenters. The molecule has 3 aromatic carbocycles. The number of aryl methyl sites for hydroxylation is 1. The molecule has 1 unspecified atom stereocenters. The Kier molecular flexibility index (Phi) is 12.0. The number of nitrogens with zero attached hydrogens (tertiary/aromatic N) is 3. The van der Waals surface area contributed by atoms with Gasteiger partial charge in [-0.25, -0.2) is 9.37 Å². The van der Waals surface area contributed by atoms with Crippen molar-refractivity contribution >= 4 is 35.4 Å². The fraction of sp³-hybridized carbons (Fsp3) is 0.426. The molecule has 12 nitrogen and oxygen atoms in total. The molecule has 1 aromatic heterocycles. The van der Waals surface area contributed by atoms with Gasteiger partial charge in [-0.3, -0.25) is 19.3 Å². The van der Waals surface area contributed by atoms with Crippen molar-refractivity contribution in [2.75, 3.05) is 43.5 Å². The minimum absolute atomic E-state index is 0.160. The van der Waals surface area contributed by atoms with Crippen molar-refractivity contribution in [1.82, 2.24) is 25.4 Å². The second-order valence-electron chi connectivity index (χ2n) is 16.6. The lowest BCUT2D eigenvalue weighted by atomic mass is 9.57. The first-order valence-electron chi connectivity index (χ1n) is 21.3. The first kappa shape index (κ1) is 41.1. The smallest absolute Gasteiger partial charge is 0.251 e. The van der Waals surface area contributed by atoms with E-state index in [9.17, 15) is 14.4 Å². The highest BCUT2D eigenvalue weighted by Gasteiger charge is 2.68. The van der Waals surface area contributed by atoms with E-state index in [1.807, 2.05) is 32.0 Å². The number of halogens is 1. The first-order valence-corrected chi connectivity index (χ1v) is 21.3. The Balaban J connectivity index is 0.912. The standard InChI is InChI=1S/C47H55FN8O4/c1-4-40-38(43(53-35-15-18-60-19-16-35)37(23-49)44(54-40)50-5-2)25-52-46(59)34-11-7-10-33(22-34)45(58)51-24-30-12-13-39(48)36(21-30)32-9-6-8-31(20-32)26-55-28-47-17-14-41(47)56(29(3)57)27-42(47)55/h6-13,20-23,35,41-42,49H,4-5,14-19,24-28H2,1-3H3,(H,51,58)(H,52,59)(H2,50,53,54)/t41-,42+,47?/m0/s1. The molecule has 8 rings (SSSR count). The lowest BCUT2D eigenvalue weighted by Crippen LogP contribution is -2.69. The van der Waals surface area contributed by atoms with Crippen molar-refractivity contribution in [3.8, 4) is 11.1 Å². The molecule has 4 heterocycles. The molecule has 314 valence electrons. The van der Waals surface area contributed by atoms with Crippen LogP contribution in [-0.4, -0.2) is 89.7 Å². The average Bonchev–Trinajstić information content (AvgIpc) is 3.42. The van der Waals surface area contributed by atoms with Crippen LogP contribution in [0.4, 0.5) is 15.9 Å². The van der Waals surface area contributed by atoms with Gasteiger partial charge in [0.05, 0.1) is 11.3 Å². The van der Waals surface area contributed by atoms with Gasteiger partial charge in [-0.05, 0) is 92.1 Å². The summed E-state index contributed by atoms with van der Waals surface area (Å²) in [6.07, 6.45) is 5.86. The zero-order valence-corrected chi connectivity index (χ0v) is 34.7. The van der Waals surface area contributed by atoms with Crippen LogP contribution in [0.2, 0.25) is 0 Å². The van der Waals surface area contributed by atoms with Crippen molar-refractivity contribution in [3.63, 3.8) is 0 Å². The quantitative estimate of drug-likeness (QED) is 0.0851. The zero-order valence-electron chi connectivity index (χ0n) is 34.7. The van der Waals surface area contributed by atoms with E-state index < -0.39 is 0 Å². The fourth-order valence-corrected chi connectivity index (χ4v) is 9.81. The second-order valence-corrected chi connectivity index (χ2v) is 16.6. The number of amides is 3. The summed E-state index contributed by atoms with van der Waals surface area (Å²) in [5.74, 6) is -0.251. The summed E-state index contributed by atoms with van der Waals surface area (Å²) in [7, 11) is 0. The van der Waals surface area contributed by atoms with Crippen molar-refractivity contribution in [1.29, 1.82) is 5.41 Å². The number of likely N-dealkylation sites (tertiary alicyclic amines) is 2. The number of anilines is 2. The summed E-state index contributed by atoms with van der Waals surface area (Å²) in [4.78, 5) is 48.7. The van der Waals surface area contributed by atoms with Crippen LogP contribution in [0, 0.1) is 16.6 Å². The Morgan fingerprint density at radius 3 is 2.37 bits per heavy atom. The molecular weight excluding hydrogens is 760 g/mol. The number of carbonyl (C=O) groups excluding carboxylic acids is 3.